The minimum absolute atomic E-state index is 0.0225. The van der Waals surface area contributed by atoms with Crippen LogP contribution in [0.5, 0.6) is 0 Å². The summed E-state index contributed by atoms with van der Waals surface area (Å²) in [6.07, 6.45) is 5.80. The Morgan fingerprint density at radius 1 is 1.25 bits per heavy atom. The number of rotatable bonds is 7. The zero-order valence-corrected chi connectivity index (χ0v) is 11.7. The first-order valence-electron chi connectivity index (χ1n) is 6.76. The van der Waals surface area contributed by atoms with Crippen molar-refractivity contribution in [2.75, 3.05) is 26.9 Å². The largest absolute Gasteiger partial charge is 0.491 e. The van der Waals surface area contributed by atoms with Crippen LogP contribution in [0, 0.1) is 0 Å². The fraction of sp³-hybridized carbons (Fsp3) is 0.375. The maximum Gasteiger partial charge on any atom is 0.121 e. The number of ether oxygens (including phenoxy) is 2. The van der Waals surface area contributed by atoms with Crippen molar-refractivity contribution in [2.24, 2.45) is 0 Å². The zero-order chi connectivity index (χ0) is 14.2. The third-order valence-corrected chi connectivity index (χ3v) is 3.24. The number of benzene rings is 1. The van der Waals surface area contributed by atoms with Crippen LogP contribution in [0.4, 0.5) is 0 Å². The number of hydrogen-bond acceptors (Lipinski definition) is 4. The van der Waals surface area contributed by atoms with E-state index in [1.54, 1.807) is 7.11 Å². The summed E-state index contributed by atoms with van der Waals surface area (Å²) in [6.45, 7) is 1.88. The van der Waals surface area contributed by atoms with Gasteiger partial charge in [-0.1, -0.05) is 30.3 Å². The Morgan fingerprint density at radius 2 is 2.05 bits per heavy atom. The summed E-state index contributed by atoms with van der Waals surface area (Å²) < 4.78 is 10.9. The third-order valence-electron chi connectivity index (χ3n) is 3.24. The lowest BCUT2D eigenvalue weighted by Crippen LogP contribution is -2.39. The van der Waals surface area contributed by atoms with Gasteiger partial charge in [0.25, 0.3) is 0 Å². The number of allylic oxidation sites excluding steroid dienone is 2. The van der Waals surface area contributed by atoms with Gasteiger partial charge in [0.1, 0.15) is 18.4 Å². The first-order chi connectivity index (χ1) is 9.85. The first kappa shape index (κ1) is 14.6. The highest BCUT2D eigenvalue weighted by atomic mass is 16.5. The molecule has 1 aliphatic rings. The van der Waals surface area contributed by atoms with Crippen LogP contribution in [0.15, 0.2) is 54.4 Å². The maximum absolute atomic E-state index is 9.59. The van der Waals surface area contributed by atoms with Gasteiger partial charge in [0.2, 0.25) is 0 Å². The van der Waals surface area contributed by atoms with E-state index in [0.29, 0.717) is 13.2 Å². The van der Waals surface area contributed by atoms with Crippen LogP contribution >= 0.6 is 0 Å². The highest BCUT2D eigenvalue weighted by Crippen LogP contribution is 2.19. The Bertz CT molecular complexity index is 456. The van der Waals surface area contributed by atoms with Crippen LogP contribution in [0.1, 0.15) is 5.56 Å². The lowest BCUT2D eigenvalue weighted by molar-refractivity contribution is 0.0818. The average Bonchev–Trinajstić information content (AvgIpc) is 2.51. The number of hydrogen-bond donors (Lipinski definition) is 1. The minimum atomic E-state index is -0.140. The van der Waals surface area contributed by atoms with Gasteiger partial charge < -0.3 is 19.5 Å². The molecule has 1 aliphatic heterocycles. The van der Waals surface area contributed by atoms with Crippen LogP contribution in [0.25, 0.3) is 0 Å². The summed E-state index contributed by atoms with van der Waals surface area (Å²) in [7, 11) is 1.67. The summed E-state index contributed by atoms with van der Waals surface area (Å²) >= 11 is 0. The van der Waals surface area contributed by atoms with Crippen LogP contribution in [0.3, 0.4) is 0 Å². The molecule has 1 aromatic rings. The van der Waals surface area contributed by atoms with Crippen LogP contribution in [-0.4, -0.2) is 42.9 Å². The molecule has 0 aromatic heterocycles. The van der Waals surface area contributed by atoms with Gasteiger partial charge in [0, 0.05) is 19.9 Å². The Balaban J connectivity index is 1.95. The molecule has 0 bridgehead atoms. The predicted molar refractivity (Wildman–Crippen MR) is 77.9 cm³/mol. The Morgan fingerprint density at radius 3 is 2.75 bits per heavy atom. The quantitative estimate of drug-likeness (QED) is 0.825. The monoisotopic (exact) mass is 275 g/mol. The number of methoxy groups -OCH3 is 1. The molecule has 0 saturated heterocycles. The average molecular weight is 275 g/mol. The van der Waals surface area contributed by atoms with E-state index in [-0.39, 0.29) is 12.6 Å². The molecule has 1 heterocycles. The molecule has 0 saturated carbocycles. The second kappa shape index (κ2) is 7.72. The fourth-order valence-electron chi connectivity index (χ4n) is 2.13. The van der Waals surface area contributed by atoms with Crippen molar-refractivity contribution >= 4 is 0 Å². The molecule has 1 aromatic carbocycles. The van der Waals surface area contributed by atoms with Gasteiger partial charge in [-0.2, -0.15) is 0 Å². The number of aliphatic hydroxyl groups is 1. The molecular formula is C16H21NO3. The van der Waals surface area contributed by atoms with Gasteiger partial charge in [-0.3, -0.25) is 0 Å². The lowest BCUT2D eigenvalue weighted by atomic mass is 10.1. The summed E-state index contributed by atoms with van der Waals surface area (Å²) in [6, 6.07) is 9.87. The molecule has 0 aliphatic carbocycles. The molecule has 0 spiro atoms. The standard InChI is InChI=1S/C16H21NO3/c1-19-11-10-17-9-5-8-16(15(17)12-18)20-13-14-6-3-2-4-7-14/h2-9,15,18H,10-13H2,1H3. The fourth-order valence-corrected chi connectivity index (χ4v) is 2.13. The molecule has 4 heteroatoms. The highest BCUT2D eigenvalue weighted by Gasteiger charge is 2.22. The van der Waals surface area contributed by atoms with Crippen molar-refractivity contribution in [3.05, 3.63) is 60.0 Å². The second-order valence-corrected chi connectivity index (χ2v) is 4.61. The van der Waals surface area contributed by atoms with Crippen molar-refractivity contribution in [1.29, 1.82) is 0 Å². The predicted octanol–water partition coefficient (Wildman–Crippen LogP) is 1.92. The molecule has 1 unspecified atom stereocenters. The van der Waals surface area contributed by atoms with E-state index in [4.69, 9.17) is 9.47 Å². The molecule has 0 amide bonds. The van der Waals surface area contributed by atoms with Gasteiger partial charge in [0.15, 0.2) is 0 Å². The zero-order valence-electron chi connectivity index (χ0n) is 11.7. The van der Waals surface area contributed by atoms with E-state index < -0.39 is 0 Å². The summed E-state index contributed by atoms with van der Waals surface area (Å²) in [5, 5.41) is 9.59. The smallest absolute Gasteiger partial charge is 0.121 e. The van der Waals surface area contributed by atoms with Gasteiger partial charge in [-0.25, -0.2) is 0 Å². The molecule has 1 atom stereocenters. The Kier molecular flexibility index (Phi) is 5.65. The molecule has 2 rings (SSSR count). The molecule has 0 fully saturated rings. The van der Waals surface area contributed by atoms with Gasteiger partial charge in [-0.05, 0) is 17.7 Å². The summed E-state index contributed by atoms with van der Waals surface area (Å²) in [5.74, 6) is 0.787. The van der Waals surface area contributed by atoms with E-state index in [1.807, 2.05) is 53.6 Å². The van der Waals surface area contributed by atoms with E-state index in [0.717, 1.165) is 17.9 Å². The molecule has 108 valence electrons. The normalized spacial score (nSPS) is 18.0. The minimum Gasteiger partial charge on any atom is -0.491 e. The summed E-state index contributed by atoms with van der Waals surface area (Å²) in [4.78, 5) is 2.03. The maximum atomic E-state index is 9.59. The number of nitrogens with zero attached hydrogens (tertiary/aromatic N) is 1. The van der Waals surface area contributed by atoms with Gasteiger partial charge in [0.05, 0.1) is 13.2 Å². The van der Waals surface area contributed by atoms with Crippen molar-refractivity contribution in [3.8, 4) is 0 Å². The molecule has 0 radical (unpaired) electrons. The van der Waals surface area contributed by atoms with Crippen LogP contribution < -0.4 is 0 Å². The summed E-state index contributed by atoms with van der Waals surface area (Å²) in [5.41, 5.74) is 1.11. The molecule has 1 N–H and O–H groups in total. The second-order valence-electron chi connectivity index (χ2n) is 4.61. The molecular weight excluding hydrogens is 254 g/mol. The Labute approximate surface area is 119 Å². The van der Waals surface area contributed by atoms with E-state index in [2.05, 4.69) is 0 Å². The van der Waals surface area contributed by atoms with Crippen molar-refractivity contribution < 1.29 is 14.6 Å². The van der Waals surface area contributed by atoms with Gasteiger partial charge in [-0.15, -0.1) is 0 Å². The van der Waals surface area contributed by atoms with Crippen LogP contribution in [-0.2, 0) is 16.1 Å². The van der Waals surface area contributed by atoms with E-state index >= 15 is 0 Å². The van der Waals surface area contributed by atoms with Crippen LogP contribution in [0.2, 0.25) is 0 Å². The molecule has 4 nitrogen and oxygen atoms in total. The SMILES string of the molecule is COCCN1C=CC=C(OCc2ccccc2)C1CO. The Hall–Kier alpha value is -1.78. The van der Waals surface area contributed by atoms with Crippen molar-refractivity contribution in [2.45, 2.75) is 12.6 Å². The van der Waals surface area contributed by atoms with Gasteiger partial charge >= 0.3 is 0 Å². The van der Waals surface area contributed by atoms with E-state index in [9.17, 15) is 5.11 Å². The first-order valence-corrected chi connectivity index (χ1v) is 6.76. The highest BCUT2D eigenvalue weighted by molar-refractivity contribution is 5.20. The lowest BCUT2D eigenvalue weighted by Gasteiger charge is -2.32. The van der Waals surface area contributed by atoms with E-state index in [1.165, 1.54) is 0 Å². The molecule has 20 heavy (non-hydrogen) atoms. The topological polar surface area (TPSA) is 41.9 Å². The van der Waals surface area contributed by atoms with Crippen molar-refractivity contribution in [3.63, 3.8) is 0 Å². The third kappa shape index (κ3) is 3.85. The van der Waals surface area contributed by atoms with Crippen molar-refractivity contribution in [1.82, 2.24) is 4.90 Å². The number of aliphatic hydroxyl groups excluding tert-OH is 1.